The molecule has 0 bridgehead atoms. The van der Waals surface area contributed by atoms with Crippen molar-refractivity contribution >= 4 is 5.91 Å². The summed E-state index contributed by atoms with van der Waals surface area (Å²) < 4.78 is 26.0. The average Bonchev–Trinajstić information content (AvgIpc) is 3.20. The molecule has 0 N–H and O–H groups in total. The summed E-state index contributed by atoms with van der Waals surface area (Å²) in [5.41, 5.74) is -0.727. The van der Waals surface area contributed by atoms with Crippen LogP contribution in [0.25, 0.3) is 0 Å². The summed E-state index contributed by atoms with van der Waals surface area (Å²) in [6.45, 7) is 1.37. The number of alkyl halides is 1. The lowest BCUT2D eigenvalue weighted by atomic mass is 10.1. The molecular weight excluding hydrogens is 299 g/mol. The highest BCUT2D eigenvalue weighted by atomic mass is 19.1. The van der Waals surface area contributed by atoms with Crippen molar-refractivity contribution in [3.05, 3.63) is 30.1 Å². The highest BCUT2D eigenvalue weighted by Gasteiger charge is 2.56. The second-order valence-electron chi connectivity index (χ2n) is 6.61. The number of carbonyl (C=O) groups is 1. The van der Waals surface area contributed by atoms with Crippen molar-refractivity contribution < 1.29 is 18.7 Å². The quantitative estimate of drug-likeness (QED) is 0.850. The monoisotopic (exact) mass is 320 g/mol. The van der Waals surface area contributed by atoms with Gasteiger partial charge in [0.15, 0.2) is 5.67 Å². The molecule has 5 nitrogen and oxygen atoms in total. The number of nitrogens with zero attached hydrogens (tertiary/aromatic N) is 2. The minimum Gasteiger partial charge on any atom is -0.372 e. The Kier molecular flexibility index (Phi) is 3.81. The molecule has 0 aromatic carbocycles. The van der Waals surface area contributed by atoms with Crippen LogP contribution in [-0.4, -0.2) is 52.9 Å². The first-order valence-corrected chi connectivity index (χ1v) is 8.30. The van der Waals surface area contributed by atoms with E-state index in [1.54, 1.807) is 11.1 Å². The summed E-state index contributed by atoms with van der Waals surface area (Å²) in [7, 11) is 0. The van der Waals surface area contributed by atoms with E-state index in [0.717, 1.165) is 18.5 Å². The van der Waals surface area contributed by atoms with Crippen LogP contribution in [0.5, 0.6) is 0 Å². The zero-order chi connectivity index (χ0) is 15.9. The fraction of sp³-hybridized carbons (Fsp3) is 0.647. The first kappa shape index (κ1) is 15.0. The third kappa shape index (κ3) is 2.85. The molecule has 0 spiro atoms. The Morgan fingerprint density at radius 1 is 1.43 bits per heavy atom. The minimum atomic E-state index is -1.60. The van der Waals surface area contributed by atoms with Crippen LogP contribution in [0.1, 0.15) is 31.4 Å². The maximum atomic E-state index is 14.1. The van der Waals surface area contributed by atoms with Gasteiger partial charge in [-0.05, 0) is 37.8 Å². The second kappa shape index (κ2) is 5.83. The van der Waals surface area contributed by atoms with Crippen LogP contribution >= 0.6 is 0 Å². The molecule has 124 valence electrons. The Morgan fingerprint density at radius 2 is 2.30 bits per heavy atom. The number of ether oxygens (including phenoxy) is 2. The number of rotatable bonds is 4. The first-order chi connectivity index (χ1) is 11.2. The molecule has 1 aromatic heterocycles. The van der Waals surface area contributed by atoms with E-state index in [1.165, 1.54) is 0 Å². The predicted octanol–water partition coefficient (Wildman–Crippen LogP) is 1.86. The van der Waals surface area contributed by atoms with Gasteiger partial charge in [-0.15, -0.1) is 0 Å². The fourth-order valence-corrected chi connectivity index (χ4v) is 3.60. The van der Waals surface area contributed by atoms with Crippen molar-refractivity contribution in [3.8, 4) is 0 Å². The smallest absolute Gasteiger partial charge is 0.260 e. The summed E-state index contributed by atoms with van der Waals surface area (Å²) in [6, 6.07) is 5.66. The number of carbonyl (C=O) groups excluding carboxylic acids is 1. The molecule has 2 saturated carbocycles. The molecular formula is C17H21FN2O3. The molecule has 3 atom stereocenters. The van der Waals surface area contributed by atoms with E-state index in [4.69, 9.17) is 9.47 Å². The van der Waals surface area contributed by atoms with Gasteiger partial charge in [-0.25, -0.2) is 4.39 Å². The van der Waals surface area contributed by atoms with Gasteiger partial charge in [-0.1, -0.05) is 6.07 Å². The minimum absolute atomic E-state index is 0.0572. The Morgan fingerprint density at radius 3 is 3.04 bits per heavy atom. The van der Waals surface area contributed by atoms with Gasteiger partial charge in [0.25, 0.3) is 5.91 Å². The molecule has 1 saturated heterocycles. The highest BCUT2D eigenvalue weighted by molar-refractivity contribution is 5.88. The molecule has 23 heavy (non-hydrogen) atoms. The van der Waals surface area contributed by atoms with Crippen LogP contribution in [0, 0.1) is 0 Å². The van der Waals surface area contributed by atoms with Crippen molar-refractivity contribution in [3.63, 3.8) is 0 Å². The number of amides is 1. The van der Waals surface area contributed by atoms with Gasteiger partial charge in [0, 0.05) is 12.7 Å². The average molecular weight is 320 g/mol. The molecule has 1 aliphatic heterocycles. The van der Waals surface area contributed by atoms with E-state index in [2.05, 4.69) is 4.98 Å². The lowest BCUT2D eigenvalue weighted by molar-refractivity contribution is -0.158. The Bertz CT molecular complexity index is 578. The zero-order valence-corrected chi connectivity index (χ0v) is 13.0. The van der Waals surface area contributed by atoms with Crippen LogP contribution < -0.4 is 0 Å². The maximum absolute atomic E-state index is 14.1. The summed E-state index contributed by atoms with van der Waals surface area (Å²) in [5.74, 6) is -0.346. The molecule has 1 amide bonds. The SMILES string of the molecule is O=C(N1CCO[C@H]2[C@@H](OCc3ccccn3)CC[C@@H]21)C1(F)CC1. The van der Waals surface area contributed by atoms with Crippen LogP contribution in [0.15, 0.2) is 24.4 Å². The third-order valence-electron chi connectivity index (χ3n) is 5.04. The van der Waals surface area contributed by atoms with Gasteiger partial charge >= 0.3 is 0 Å². The van der Waals surface area contributed by atoms with E-state index in [9.17, 15) is 9.18 Å². The molecule has 2 heterocycles. The molecule has 2 aliphatic carbocycles. The van der Waals surface area contributed by atoms with Crippen LogP contribution in [-0.2, 0) is 20.9 Å². The summed E-state index contributed by atoms with van der Waals surface area (Å²) in [4.78, 5) is 18.3. The summed E-state index contributed by atoms with van der Waals surface area (Å²) >= 11 is 0. The lowest BCUT2D eigenvalue weighted by Gasteiger charge is -2.39. The summed E-state index contributed by atoms with van der Waals surface area (Å²) in [6.07, 6.45) is 3.88. The van der Waals surface area contributed by atoms with E-state index in [1.807, 2.05) is 18.2 Å². The molecule has 1 aromatic rings. The largest absolute Gasteiger partial charge is 0.372 e. The van der Waals surface area contributed by atoms with E-state index >= 15 is 0 Å². The number of aromatic nitrogens is 1. The van der Waals surface area contributed by atoms with Gasteiger partial charge in [0.1, 0.15) is 6.10 Å². The van der Waals surface area contributed by atoms with E-state index < -0.39 is 5.67 Å². The highest BCUT2D eigenvalue weighted by Crippen LogP contribution is 2.43. The van der Waals surface area contributed by atoms with Crippen molar-refractivity contribution in [2.24, 2.45) is 0 Å². The first-order valence-electron chi connectivity index (χ1n) is 8.30. The van der Waals surface area contributed by atoms with Crippen LogP contribution in [0.2, 0.25) is 0 Å². The molecule has 4 rings (SSSR count). The molecule has 0 radical (unpaired) electrons. The van der Waals surface area contributed by atoms with Gasteiger partial charge in [-0.3, -0.25) is 9.78 Å². The predicted molar refractivity (Wildman–Crippen MR) is 80.4 cm³/mol. The Hall–Kier alpha value is -1.53. The molecule has 6 heteroatoms. The normalized spacial score (nSPS) is 31.7. The molecule has 3 fully saturated rings. The lowest BCUT2D eigenvalue weighted by Crippen LogP contribution is -2.56. The topological polar surface area (TPSA) is 51.7 Å². The zero-order valence-electron chi connectivity index (χ0n) is 13.0. The number of hydrogen-bond acceptors (Lipinski definition) is 4. The Labute approximate surface area is 134 Å². The van der Waals surface area contributed by atoms with Gasteiger partial charge in [0.2, 0.25) is 0 Å². The van der Waals surface area contributed by atoms with Crippen molar-refractivity contribution in [1.82, 2.24) is 9.88 Å². The maximum Gasteiger partial charge on any atom is 0.260 e. The van der Waals surface area contributed by atoms with Crippen molar-refractivity contribution in [1.29, 1.82) is 0 Å². The number of hydrogen-bond donors (Lipinski definition) is 0. The summed E-state index contributed by atoms with van der Waals surface area (Å²) in [5, 5.41) is 0. The van der Waals surface area contributed by atoms with Crippen molar-refractivity contribution in [2.75, 3.05) is 13.2 Å². The van der Waals surface area contributed by atoms with Crippen molar-refractivity contribution in [2.45, 2.75) is 56.2 Å². The fourth-order valence-electron chi connectivity index (χ4n) is 3.60. The Balaban J connectivity index is 1.40. The van der Waals surface area contributed by atoms with Gasteiger partial charge in [0.05, 0.1) is 31.1 Å². The number of pyridine rings is 1. The van der Waals surface area contributed by atoms with Gasteiger partial charge in [-0.2, -0.15) is 0 Å². The molecule has 3 aliphatic rings. The van der Waals surface area contributed by atoms with E-state index in [-0.39, 0.29) is 24.2 Å². The third-order valence-corrected chi connectivity index (χ3v) is 5.04. The van der Waals surface area contributed by atoms with E-state index in [0.29, 0.717) is 32.6 Å². The standard InChI is InChI=1S/C17H21FN2O3/c18-17(6-7-17)16(21)20-9-10-22-15-13(20)4-5-14(15)23-11-12-3-1-2-8-19-12/h1-3,8,13-15H,4-7,9-11H2/t13-,14-,15+/m0/s1. The van der Waals surface area contributed by atoms with Crippen LogP contribution in [0.4, 0.5) is 4.39 Å². The second-order valence-corrected chi connectivity index (χ2v) is 6.61. The number of halogens is 1. The number of fused-ring (bicyclic) bond motifs is 1. The van der Waals surface area contributed by atoms with Crippen LogP contribution in [0.3, 0.4) is 0 Å². The number of morpholine rings is 1. The molecule has 0 unspecified atom stereocenters. The van der Waals surface area contributed by atoms with Gasteiger partial charge < -0.3 is 14.4 Å².